The number of hydrogen-bond acceptors (Lipinski definition) is 3. The Labute approximate surface area is 122 Å². The number of carbonyl (C=O) groups is 1. The standard InChI is InChI=1S/C16H30N2O2/c1-14(2)11-6-7-15(14,3)12(10-11)20-9-8-16(4,18-5)13(17)19/h11-12,18H,6-10H2,1-5H3,(H2,17,19). The number of hydrogen-bond donors (Lipinski definition) is 2. The van der Waals surface area contributed by atoms with Crippen LogP contribution in [0.1, 0.15) is 53.4 Å². The minimum Gasteiger partial charge on any atom is -0.378 e. The predicted octanol–water partition coefficient (Wildman–Crippen LogP) is 2.07. The number of nitrogens with two attached hydrogens (primary N) is 1. The Balaban J connectivity index is 1.92. The van der Waals surface area contributed by atoms with Crippen molar-refractivity contribution in [2.75, 3.05) is 13.7 Å². The number of rotatable bonds is 6. The zero-order valence-corrected chi connectivity index (χ0v) is 13.6. The lowest BCUT2D eigenvalue weighted by atomic mass is 9.70. The Morgan fingerprint density at radius 2 is 2.10 bits per heavy atom. The average Bonchev–Trinajstić information content (AvgIpc) is 2.71. The molecule has 0 aromatic heterocycles. The highest BCUT2D eigenvalue weighted by Gasteiger charge is 2.61. The lowest BCUT2D eigenvalue weighted by Crippen LogP contribution is -2.52. The second kappa shape index (κ2) is 4.99. The normalized spacial score (nSPS) is 37.9. The van der Waals surface area contributed by atoms with Crippen LogP contribution in [-0.2, 0) is 9.53 Å². The van der Waals surface area contributed by atoms with E-state index >= 15 is 0 Å². The monoisotopic (exact) mass is 282 g/mol. The molecule has 2 aliphatic carbocycles. The van der Waals surface area contributed by atoms with E-state index in [-0.39, 0.29) is 11.3 Å². The van der Waals surface area contributed by atoms with E-state index in [4.69, 9.17) is 10.5 Å². The largest absolute Gasteiger partial charge is 0.378 e. The zero-order valence-electron chi connectivity index (χ0n) is 13.6. The minimum absolute atomic E-state index is 0.278. The van der Waals surface area contributed by atoms with Gasteiger partial charge in [-0.25, -0.2) is 0 Å². The summed E-state index contributed by atoms with van der Waals surface area (Å²) in [6.45, 7) is 9.56. The first-order chi connectivity index (χ1) is 9.17. The van der Waals surface area contributed by atoms with Crippen molar-refractivity contribution in [3.63, 3.8) is 0 Å². The molecule has 4 heteroatoms. The summed E-state index contributed by atoms with van der Waals surface area (Å²) in [5.41, 5.74) is 5.42. The summed E-state index contributed by atoms with van der Waals surface area (Å²) in [5, 5.41) is 3.01. The molecule has 2 bridgehead atoms. The number of nitrogens with one attached hydrogen (secondary N) is 1. The fourth-order valence-electron chi connectivity index (χ4n) is 4.16. The molecule has 0 saturated heterocycles. The maximum Gasteiger partial charge on any atom is 0.237 e. The molecule has 20 heavy (non-hydrogen) atoms. The van der Waals surface area contributed by atoms with Gasteiger partial charge in [-0.3, -0.25) is 4.79 Å². The van der Waals surface area contributed by atoms with Gasteiger partial charge in [-0.05, 0) is 56.4 Å². The Morgan fingerprint density at radius 3 is 2.50 bits per heavy atom. The van der Waals surface area contributed by atoms with Gasteiger partial charge in [0.25, 0.3) is 0 Å². The van der Waals surface area contributed by atoms with Gasteiger partial charge in [0.2, 0.25) is 5.91 Å². The molecule has 0 heterocycles. The summed E-state index contributed by atoms with van der Waals surface area (Å²) in [6.07, 6.45) is 4.70. The molecule has 2 rings (SSSR count). The first kappa shape index (κ1) is 15.8. The number of carbonyl (C=O) groups excluding carboxylic acids is 1. The van der Waals surface area contributed by atoms with Crippen LogP contribution in [0.4, 0.5) is 0 Å². The molecule has 0 radical (unpaired) electrons. The summed E-state index contributed by atoms with van der Waals surface area (Å²) in [5.74, 6) is 0.465. The quantitative estimate of drug-likeness (QED) is 0.784. The Hall–Kier alpha value is -0.610. The number of primary amides is 1. The maximum absolute atomic E-state index is 11.5. The lowest BCUT2D eigenvalue weighted by molar-refractivity contribution is -0.125. The van der Waals surface area contributed by atoms with Crippen LogP contribution in [0.25, 0.3) is 0 Å². The molecule has 2 aliphatic rings. The second-order valence-corrected chi connectivity index (χ2v) is 7.67. The molecule has 0 aromatic rings. The molecule has 116 valence electrons. The molecule has 4 unspecified atom stereocenters. The van der Waals surface area contributed by atoms with Gasteiger partial charge in [0, 0.05) is 6.61 Å². The van der Waals surface area contributed by atoms with Crippen LogP contribution in [0.3, 0.4) is 0 Å². The molecule has 4 atom stereocenters. The van der Waals surface area contributed by atoms with Crippen molar-refractivity contribution in [2.45, 2.75) is 65.0 Å². The highest BCUT2D eigenvalue weighted by Crippen LogP contribution is 2.66. The van der Waals surface area contributed by atoms with Crippen LogP contribution >= 0.6 is 0 Å². The summed E-state index contributed by atoms with van der Waals surface area (Å²) >= 11 is 0. The van der Waals surface area contributed by atoms with E-state index in [0.717, 1.165) is 12.3 Å². The summed E-state index contributed by atoms with van der Waals surface area (Å²) < 4.78 is 6.18. The van der Waals surface area contributed by atoms with Crippen LogP contribution in [0.2, 0.25) is 0 Å². The number of fused-ring (bicyclic) bond motifs is 2. The van der Waals surface area contributed by atoms with E-state index in [1.54, 1.807) is 7.05 Å². The van der Waals surface area contributed by atoms with Crippen LogP contribution in [0.5, 0.6) is 0 Å². The van der Waals surface area contributed by atoms with Gasteiger partial charge in [0.15, 0.2) is 0 Å². The van der Waals surface area contributed by atoms with E-state index in [9.17, 15) is 4.79 Å². The predicted molar refractivity (Wildman–Crippen MR) is 80.2 cm³/mol. The number of amides is 1. The lowest BCUT2D eigenvalue weighted by Gasteiger charge is -2.39. The summed E-state index contributed by atoms with van der Waals surface area (Å²) in [6, 6.07) is 0. The Morgan fingerprint density at radius 1 is 1.45 bits per heavy atom. The average molecular weight is 282 g/mol. The molecule has 0 aliphatic heterocycles. The topological polar surface area (TPSA) is 64.3 Å². The number of likely N-dealkylation sites (N-methyl/N-ethyl adjacent to an activating group) is 1. The van der Waals surface area contributed by atoms with Crippen molar-refractivity contribution >= 4 is 5.91 Å². The van der Waals surface area contributed by atoms with E-state index in [2.05, 4.69) is 26.1 Å². The van der Waals surface area contributed by atoms with E-state index in [0.29, 0.717) is 24.5 Å². The summed E-state index contributed by atoms with van der Waals surface area (Å²) in [7, 11) is 1.77. The van der Waals surface area contributed by atoms with Crippen molar-refractivity contribution in [1.29, 1.82) is 0 Å². The van der Waals surface area contributed by atoms with Gasteiger partial charge >= 0.3 is 0 Å². The third-order valence-corrected chi connectivity index (χ3v) is 6.73. The van der Waals surface area contributed by atoms with Crippen LogP contribution in [0.15, 0.2) is 0 Å². The fraction of sp³-hybridized carbons (Fsp3) is 0.938. The highest BCUT2D eigenvalue weighted by atomic mass is 16.5. The van der Waals surface area contributed by atoms with Crippen molar-refractivity contribution < 1.29 is 9.53 Å². The molecular formula is C16H30N2O2. The zero-order chi connectivity index (χ0) is 15.2. The van der Waals surface area contributed by atoms with E-state index in [1.807, 2.05) is 6.92 Å². The highest BCUT2D eigenvalue weighted by molar-refractivity contribution is 5.84. The Bertz CT molecular complexity index is 396. The summed E-state index contributed by atoms with van der Waals surface area (Å²) in [4.78, 5) is 11.5. The molecule has 4 nitrogen and oxygen atoms in total. The smallest absolute Gasteiger partial charge is 0.237 e. The fourth-order valence-corrected chi connectivity index (χ4v) is 4.16. The molecule has 3 N–H and O–H groups in total. The van der Waals surface area contributed by atoms with Crippen molar-refractivity contribution in [3.05, 3.63) is 0 Å². The minimum atomic E-state index is -0.673. The van der Waals surface area contributed by atoms with Gasteiger partial charge in [-0.1, -0.05) is 20.8 Å². The first-order valence-electron chi connectivity index (χ1n) is 7.78. The molecule has 0 aromatic carbocycles. The van der Waals surface area contributed by atoms with E-state index in [1.165, 1.54) is 12.8 Å². The van der Waals surface area contributed by atoms with Gasteiger partial charge in [0.05, 0.1) is 11.6 Å². The van der Waals surface area contributed by atoms with Crippen molar-refractivity contribution in [1.82, 2.24) is 5.32 Å². The van der Waals surface area contributed by atoms with E-state index < -0.39 is 5.54 Å². The first-order valence-corrected chi connectivity index (χ1v) is 7.78. The molecular weight excluding hydrogens is 252 g/mol. The SMILES string of the molecule is CNC(C)(CCOC1CC2CCC1(C)C2(C)C)C(N)=O. The molecule has 1 amide bonds. The van der Waals surface area contributed by atoms with Gasteiger partial charge in [0.1, 0.15) is 0 Å². The molecule has 2 fully saturated rings. The Kier molecular flexibility index (Phi) is 3.93. The van der Waals surface area contributed by atoms with Crippen molar-refractivity contribution in [3.8, 4) is 0 Å². The second-order valence-electron chi connectivity index (χ2n) is 7.67. The molecule has 2 saturated carbocycles. The third-order valence-electron chi connectivity index (χ3n) is 6.73. The maximum atomic E-state index is 11.5. The van der Waals surface area contributed by atoms with Crippen LogP contribution < -0.4 is 11.1 Å². The van der Waals surface area contributed by atoms with Crippen molar-refractivity contribution in [2.24, 2.45) is 22.5 Å². The number of ether oxygens (including phenoxy) is 1. The van der Waals surface area contributed by atoms with Crippen LogP contribution in [0, 0.1) is 16.7 Å². The van der Waals surface area contributed by atoms with Gasteiger partial charge < -0.3 is 15.8 Å². The van der Waals surface area contributed by atoms with Gasteiger partial charge in [-0.2, -0.15) is 0 Å². The van der Waals surface area contributed by atoms with Gasteiger partial charge in [-0.15, -0.1) is 0 Å². The molecule has 0 spiro atoms. The third kappa shape index (κ3) is 2.17. The van der Waals surface area contributed by atoms with Crippen LogP contribution in [-0.4, -0.2) is 31.2 Å².